The zero-order valence-electron chi connectivity index (χ0n) is 15.6. The van der Waals surface area contributed by atoms with E-state index in [1.165, 1.54) is 4.90 Å². The van der Waals surface area contributed by atoms with Gasteiger partial charge in [0.25, 0.3) is 5.91 Å². The number of hydrogen-bond donors (Lipinski definition) is 1. The van der Waals surface area contributed by atoms with Crippen molar-refractivity contribution >= 4 is 17.6 Å². The van der Waals surface area contributed by atoms with Crippen molar-refractivity contribution in [2.45, 2.75) is 39.7 Å². The molecule has 0 saturated carbocycles. The molecule has 7 heteroatoms. The predicted octanol–water partition coefficient (Wildman–Crippen LogP) is 3.29. The number of carbonyl (C=O) groups is 2. The fourth-order valence-electron chi connectivity index (χ4n) is 2.80. The second-order valence-electron chi connectivity index (χ2n) is 6.13. The molecule has 0 bridgehead atoms. The van der Waals surface area contributed by atoms with Crippen molar-refractivity contribution in [3.8, 4) is 5.75 Å². The monoisotopic (exact) mass is 359 g/mol. The van der Waals surface area contributed by atoms with E-state index in [1.54, 1.807) is 31.3 Å². The van der Waals surface area contributed by atoms with E-state index >= 15 is 0 Å². The van der Waals surface area contributed by atoms with Crippen LogP contribution in [0.5, 0.6) is 5.75 Å². The zero-order valence-corrected chi connectivity index (χ0v) is 15.6. The van der Waals surface area contributed by atoms with Crippen molar-refractivity contribution in [3.05, 3.63) is 41.7 Å². The van der Waals surface area contributed by atoms with Crippen molar-refractivity contribution in [1.82, 2.24) is 9.78 Å². The van der Waals surface area contributed by atoms with E-state index < -0.39 is 12.6 Å². The highest BCUT2D eigenvalue weighted by Gasteiger charge is 2.20. The molecular formula is C19H25N3O4. The first-order valence-electron chi connectivity index (χ1n) is 8.66. The van der Waals surface area contributed by atoms with Crippen LogP contribution in [-0.2, 0) is 4.79 Å². The molecule has 140 valence electrons. The Morgan fingerprint density at radius 3 is 2.38 bits per heavy atom. The zero-order chi connectivity index (χ0) is 19.3. The Bertz CT molecular complexity index is 764. The van der Waals surface area contributed by atoms with Gasteiger partial charge in [-0.15, -0.1) is 0 Å². The largest absolute Gasteiger partial charge is 0.482 e. The summed E-state index contributed by atoms with van der Waals surface area (Å²) in [7, 11) is 1.68. The first-order chi connectivity index (χ1) is 12.4. The maximum atomic E-state index is 12.8. The smallest absolute Gasteiger partial charge is 0.341 e. The van der Waals surface area contributed by atoms with Crippen LogP contribution in [0.25, 0.3) is 0 Å². The minimum absolute atomic E-state index is 0.197. The van der Waals surface area contributed by atoms with Gasteiger partial charge >= 0.3 is 5.97 Å². The molecule has 26 heavy (non-hydrogen) atoms. The molecule has 1 amide bonds. The number of carbonyl (C=O) groups excluding carboxylic acids is 1. The first kappa shape index (κ1) is 19.5. The van der Waals surface area contributed by atoms with E-state index in [-0.39, 0.29) is 11.9 Å². The maximum Gasteiger partial charge on any atom is 0.341 e. The summed E-state index contributed by atoms with van der Waals surface area (Å²) in [6, 6.07) is 8.78. The minimum Gasteiger partial charge on any atom is -0.482 e. The third-order valence-corrected chi connectivity index (χ3v) is 4.32. The summed E-state index contributed by atoms with van der Waals surface area (Å²) in [4.78, 5) is 24.8. The normalized spacial score (nSPS) is 10.8. The van der Waals surface area contributed by atoms with E-state index in [0.29, 0.717) is 17.1 Å². The number of carboxylic acids is 1. The number of nitrogens with zero attached hydrogens (tertiary/aromatic N) is 3. The van der Waals surface area contributed by atoms with Crippen LogP contribution in [0.3, 0.4) is 0 Å². The summed E-state index contributed by atoms with van der Waals surface area (Å²) in [5.41, 5.74) is 2.04. The number of ether oxygens (including phenoxy) is 1. The Labute approximate surface area is 153 Å². The third kappa shape index (κ3) is 4.41. The van der Waals surface area contributed by atoms with Crippen LogP contribution in [0.1, 0.15) is 48.9 Å². The molecule has 0 aliphatic carbocycles. The first-order valence-corrected chi connectivity index (χ1v) is 8.66. The summed E-state index contributed by atoms with van der Waals surface area (Å²) in [5.74, 6) is -0.798. The van der Waals surface area contributed by atoms with Gasteiger partial charge in [0.1, 0.15) is 5.75 Å². The van der Waals surface area contributed by atoms with Gasteiger partial charge in [-0.05, 0) is 50.1 Å². The number of benzene rings is 1. The van der Waals surface area contributed by atoms with Gasteiger partial charge < -0.3 is 14.7 Å². The van der Waals surface area contributed by atoms with Crippen LogP contribution in [0.15, 0.2) is 30.3 Å². The summed E-state index contributed by atoms with van der Waals surface area (Å²) in [6.07, 6.45) is 1.92. The molecule has 0 spiro atoms. The highest BCUT2D eigenvalue weighted by molar-refractivity contribution is 6.04. The van der Waals surface area contributed by atoms with Gasteiger partial charge in [0.2, 0.25) is 0 Å². The van der Waals surface area contributed by atoms with E-state index in [9.17, 15) is 9.59 Å². The molecule has 0 aliphatic heterocycles. The van der Waals surface area contributed by atoms with Crippen LogP contribution < -0.4 is 9.64 Å². The Hall–Kier alpha value is -2.83. The molecular weight excluding hydrogens is 334 g/mol. The average Bonchev–Trinajstić information content (AvgIpc) is 3.02. The van der Waals surface area contributed by atoms with Gasteiger partial charge in [0.05, 0.1) is 6.04 Å². The molecule has 1 N–H and O–H groups in total. The molecule has 0 saturated heterocycles. The van der Waals surface area contributed by atoms with E-state index in [0.717, 1.165) is 18.5 Å². The number of aromatic nitrogens is 2. The lowest BCUT2D eigenvalue weighted by molar-refractivity contribution is -0.139. The molecule has 1 aromatic carbocycles. The van der Waals surface area contributed by atoms with Gasteiger partial charge in [-0.1, -0.05) is 13.8 Å². The molecule has 0 radical (unpaired) electrons. The molecule has 1 heterocycles. The molecule has 1 aromatic heterocycles. The highest BCUT2D eigenvalue weighted by atomic mass is 16.5. The van der Waals surface area contributed by atoms with Crippen molar-refractivity contribution in [3.63, 3.8) is 0 Å². The molecule has 0 aliphatic rings. The standard InChI is InChI=1S/C19H25N3O4/c1-5-14(6-2)22-13(3)11-17(20-22)19(25)21(4)15-7-9-16(10-8-15)26-12-18(23)24/h7-11,14H,5-6,12H2,1-4H3,(H,23,24). The van der Waals surface area contributed by atoms with E-state index in [2.05, 4.69) is 18.9 Å². The van der Waals surface area contributed by atoms with E-state index in [1.807, 2.05) is 17.7 Å². The number of aliphatic carboxylic acids is 1. The second kappa shape index (κ2) is 8.51. The Kier molecular flexibility index (Phi) is 6.38. The lowest BCUT2D eigenvalue weighted by Gasteiger charge is -2.17. The summed E-state index contributed by atoms with van der Waals surface area (Å²) in [6.45, 7) is 5.77. The number of amides is 1. The lowest BCUT2D eigenvalue weighted by atomic mass is 10.2. The van der Waals surface area contributed by atoms with Crippen molar-refractivity contribution in [2.75, 3.05) is 18.6 Å². The number of hydrogen-bond acceptors (Lipinski definition) is 4. The fraction of sp³-hybridized carbons (Fsp3) is 0.421. The highest BCUT2D eigenvalue weighted by Crippen LogP contribution is 2.22. The summed E-state index contributed by atoms with van der Waals surface area (Å²) in [5, 5.41) is 13.1. The Morgan fingerprint density at radius 2 is 1.85 bits per heavy atom. The Balaban J connectivity index is 2.14. The van der Waals surface area contributed by atoms with Crippen LogP contribution in [0, 0.1) is 6.92 Å². The Morgan fingerprint density at radius 1 is 1.23 bits per heavy atom. The van der Waals surface area contributed by atoms with Crippen LogP contribution in [0.2, 0.25) is 0 Å². The van der Waals surface area contributed by atoms with Gasteiger partial charge in [0, 0.05) is 18.4 Å². The molecule has 7 nitrogen and oxygen atoms in total. The topological polar surface area (TPSA) is 84.7 Å². The summed E-state index contributed by atoms with van der Waals surface area (Å²) >= 11 is 0. The maximum absolute atomic E-state index is 12.8. The number of carboxylic acid groups (broad SMARTS) is 1. The molecule has 2 rings (SSSR count). The molecule has 2 aromatic rings. The number of rotatable bonds is 8. The van der Waals surface area contributed by atoms with Crippen molar-refractivity contribution in [1.29, 1.82) is 0 Å². The summed E-state index contributed by atoms with van der Waals surface area (Å²) < 4.78 is 7.02. The van der Waals surface area contributed by atoms with Gasteiger partial charge in [-0.3, -0.25) is 9.48 Å². The SMILES string of the molecule is CCC(CC)n1nc(C(=O)N(C)c2ccc(OCC(=O)O)cc2)cc1C. The van der Waals surface area contributed by atoms with E-state index in [4.69, 9.17) is 9.84 Å². The fourth-order valence-corrected chi connectivity index (χ4v) is 2.80. The van der Waals surface area contributed by atoms with Crippen molar-refractivity contribution < 1.29 is 19.4 Å². The van der Waals surface area contributed by atoms with Gasteiger partial charge in [-0.2, -0.15) is 5.10 Å². The quantitative estimate of drug-likeness (QED) is 0.782. The van der Waals surface area contributed by atoms with Gasteiger partial charge in [-0.25, -0.2) is 4.79 Å². The van der Waals surface area contributed by atoms with Crippen LogP contribution >= 0.6 is 0 Å². The average molecular weight is 359 g/mol. The number of aryl methyl sites for hydroxylation is 1. The number of anilines is 1. The molecule has 0 atom stereocenters. The molecule has 0 fully saturated rings. The second-order valence-corrected chi connectivity index (χ2v) is 6.13. The minimum atomic E-state index is -1.04. The molecule has 0 unspecified atom stereocenters. The predicted molar refractivity (Wildman–Crippen MR) is 98.9 cm³/mol. The van der Waals surface area contributed by atoms with Crippen LogP contribution in [-0.4, -0.2) is 40.4 Å². The third-order valence-electron chi connectivity index (χ3n) is 4.32. The van der Waals surface area contributed by atoms with Crippen molar-refractivity contribution in [2.24, 2.45) is 0 Å². The lowest BCUT2D eigenvalue weighted by Crippen LogP contribution is -2.27. The van der Waals surface area contributed by atoms with Crippen LogP contribution in [0.4, 0.5) is 5.69 Å². The van der Waals surface area contributed by atoms with Gasteiger partial charge in [0.15, 0.2) is 12.3 Å².